The third-order valence-corrected chi connectivity index (χ3v) is 2.05. The van der Waals surface area contributed by atoms with Crippen molar-refractivity contribution in [3.8, 4) is 0 Å². The van der Waals surface area contributed by atoms with E-state index in [-0.39, 0.29) is 13.0 Å². The van der Waals surface area contributed by atoms with Crippen molar-refractivity contribution in [2.24, 2.45) is 0 Å². The van der Waals surface area contributed by atoms with Gasteiger partial charge in [-0.25, -0.2) is 0 Å². The molecule has 0 aliphatic heterocycles. The molecule has 0 saturated carbocycles. The van der Waals surface area contributed by atoms with Gasteiger partial charge in [0.1, 0.15) is 6.61 Å². The van der Waals surface area contributed by atoms with Crippen molar-refractivity contribution in [1.82, 2.24) is 4.98 Å². The maximum Gasteiger partial charge on any atom is 0.411 e. The van der Waals surface area contributed by atoms with Gasteiger partial charge >= 0.3 is 6.18 Å². The second-order valence-corrected chi connectivity index (χ2v) is 3.48. The van der Waals surface area contributed by atoms with Crippen LogP contribution in [0.5, 0.6) is 0 Å². The van der Waals surface area contributed by atoms with E-state index in [1.165, 1.54) is 18.5 Å². The molecule has 1 unspecified atom stereocenters. The Morgan fingerprint density at radius 1 is 1.47 bits per heavy atom. The highest BCUT2D eigenvalue weighted by Crippen LogP contribution is 2.22. The number of nitrogens with zero attached hydrogens (tertiary/aromatic N) is 1. The van der Waals surface area contributed by atoms with Crippen molar-refractivity contribution >= 4 is 5.69 Å². The van der Waals surface area contributed by atoms with E-state index in [9.17, 15) is 18.3 Å². The molecule has 0 saturated heterocycles. The quantitative estimate of drug-likeness (QED) is 0.780. The number of anilines is 1. The Hall–Kier alpha value is -1.34. The third kappa shape index (κ3) is 5.01. The molecule has 0 fully saturated rings. The Bertz CT molecular complexity index is 358. The Morgan fingerprint density at radius 3 is 2.76 bits per heavy atom. The van der Waals surface area contributed by atoms with E-state index >= 15 is 0 Å². The predicted molar refractivity (Wildman–Crippen MR) is 55.1 cm³/mol. The van der Waals surface area contributed by atoms with Crippen molar-refractivity contribution in [1.29, 1.82) is 0 Å². The smallest absolute Gasteiger partial charge is 0.398 e. The molecule has 0 aliphatic rings. The van der Waals surface area contributed by atoms with Gasteiger partial charge in [-0.05, 0) is 6.07 Å². The largest absolute Gasteiger partial charge is 0.411 e. The molecule has 4 nitrogen and oxygen atoms in total. The number of alkyl halides is 3. The first-order valence-electron chi connectivity index (χ1n) is 4.92. The summed E-state index contributed by atoms with van der Waals surface area (Å²) in [5.74, 6) is 0. The molecule has 1 atom stereocenters. The van der Waals surface area contributed by atoms with E-state index in [4.69, 9.17) is 5.73 Å². The van der Waals surface area contributed by atoms with Gasteiger partial charge in [0.2, 0.25) is 0 Å². The van der Waals surface area contributed by atoms with Crippen LogP contribution in [0.1, 0.15) is 18.1 Å². The van der Waals surface area contributed by atoms with Crippen molar-refractivity contribution in [3.05, 3.63) is 24.0 Å². The molecule has 1 aromatic rings. The van der Waals surface area contributed by atoms with Gasteiger partial charge in [0.05, 0.1) is 6.10 Å². The maximum absolute atomic E-state index is 11.7. The molecule has 1 rings (SSSR count). The molecular weight excluding hydrogens is 237 g/mol. The molecule has 7 heteroatoms. The lowest BCUT2D eigenvalue weighted by Crippen LogP contribution is -2.18. The second-order valence-electron chi connectivity index (χ2n) is 3.48. The average Bonchev–Trinajstić information content (AvgIpc) is 2.23. The highest BCUT2D eigenvalue weighted by molar-refractivity contribution is 5.45. The normalized spacial score (nSPS) is 13.6. The summed E-state index contributed by atoms with van der Waals surface area (Å²) in [6.07, 6.45) is -2.45. The van der Waals surface area contributed by atoms with Gasteiger partial charge in [-0.2, -0.15) is 13.2 Å². The number of hydrogen-bond donors (Lipinski definition) is 2. The van der Waals surface area contributed by atoms with E-state index in [1.807, 2.05) is 0 Å². The summed E-state index contributed by atoms with van der Waals surface area (Å²) in [5.41, 5.74) is 6.32. The van der Waals surface area contributed by atoms with Crippen LogP contribution < -0.4 is 5.73 Å². The van der Waals surface area contributed by atoms with Gasteiger partial charge in [0.25, 0.3) is 0 Å². The SMILES string of the molecule is Nc1ccncc1C(O)CCOCC(F)(F)F. The van der Waals surface area contributed by atoms with Gasteiger partial charge in [-0.1, -0.05) is 0 Å². The number of aliphatic hydroxyl groups excluding tert-OH is 1. The fraction of sp³-hybridized carbons (Fsp3) is 0.500. The zero-order valence-corrected chi connectivity index (χ0v) is 8.94. The van der Waals surface area contributed by atoms with Crippen molar-refractivity contribution in [2.75, 3.05) is 18.9 Å². The number of ether oxygens (including phenoxy) is 1. The number of aliphatic hydroxyl groups is 1. The van der Waals surface area contributed by atoms with Crippen LogP contribution in [0.2, 0.25) is 0 Å². The van der Waals surface area contributed by atoms with Crippen LogP contribution in [-0.4, -0.2) is 29.5 Å². The summed E-state index contributed by atoms with van der Waals surface area (Å²) in [6.45, 7) is -1.52. The van der Waals surface area contributed by atoms with Crippen molar-refractivity contribution in [3.63, 3.8) is 0 Å². The first kappa shape index (κ1) is 13.7. The van der Waals surface area contributed by atoms with Gasteiger partial charge in [0, 0.05) is 36.7 Å². The first-order chi connectivity index (χ1) is 7.90. The minimum atomic E-state index is -4.35. The van der Waals surface area contributed by atoms with Gasteiger partial charge in [0.15, 0.2) is 0 Å². The molecule has 0 aromatic carbocycles. The summed E-state index contributed by atoms with van der Waals surface area (Å²) in [6, 6.07) is 1.51. The van der Waals surface area contributed by atoms with Crippen LogP contribution in [0.3, 0.4) is 0 Å². The molecule has 1 heterocycles. The highest BCUT2D eigenvalue weighted by Gasteiger charge is 2.27. The number of nitrogens with two attached hydrogens (primary N) is 1. The molecule has 0 radical (unpaired) electrons. The van der Waals surface area contributed by atoms with Crippen LogP contribution in [0, 0.1) is 0 Å². The molecular formula is C10H13F3N2O2. The highest BCUT2D eigenvalue weighted by atomic mass is 19.4. The molecule has 3 N–H and O–H groups in total. The van der Waals surface area contributed by atoms with Gasteiger partial charge < -0.3 is 15.6 Å². The van der Waals surface area contributed by atoms with E-state index < -0.39 is 18.9 Å². The third-order valence-electron chi connectivity index (χ3n) is 2.05. The fourth-order valence-electron chi connectivity index (χ4n) is 1.23. The number of rotatable bonds is 5. The van der Waals surface area contributed by atoms with Gasteiger partial charge in [-0.3, -0.25) is 4.98 Å². The van der Waals surface area contributed by atoms with E-state index in [0.717, 1.165) is 0 Å². The minimum Gasteiger partial charge on any atom is -0.398 e. The Balaban J connectivity index is 2.36. The van der Waals surface area contributed by atoms with Crippen molar-refractivity contribution in [2.45, 2.75) is 18.7 Å². The lowest BCUT2D eigenvalue weighted by molar-refractivity contribution is -0.175. The Morgan fingerprint density at radius 2 is 2.18 bits per heavy atom. The Kier molecular flexibility index (Phi) is 4.71. The van der Waals surface area contributed by atoms with Gasteiger partial charge in [-0.15, -0.1) is 0 Å². The molecule has 0 bridgehead atoms. The molecule has 96 valence electrons. The summed E-state index contributed by atoms with van der Waals surface area (Å²) >= 11 is 0. The second kappa shape index (κ2) is 5.83. The first-order valence-corrected chi connectivity index (χ1v) is 4.92. The number of nitrogen functional groups attached to an aromatic ring is 1. The van der Waals surface area contributed by atoms with Crippen LogP contribution in [-0.2, 0) is 4.74 Å². The van der Waals surface area contributed by atoms with Crippen LogP contribution in [0.25, 0.3) is 0 Å². The number of pyridine rings is 1. The van der Waals surface area contributed by atoms with Crippen LogP contribution >= 0.6 is 0 Å². The lowest BCUT2D eigenvalue weighted by atomic mass is 10.1. The van der Waals surface area contributed by atoms with E-state index in [2.05, 4.69) is 9.72 Å². The number of halogens is 3. The summed E-state index contributed by atoms with van der Waals surface area (Å²) in [7, 11) is 0. The van der Waals surface area contributed by atoms with Crippen LogP contribution in [0.4, 0.5) is 18.9 Å². The topological polar surface area (TPSA) is 68.4 Å². The van der Waals surface area contributed by atoms with E-state index in [1.54, 1.807) is 0 Å². The maximum atomic E-state index is 11.7. The number of aromatic nitrogens is 1. The number of hydrogen-bond acceptors (Lipinski definition) is 4. The van der Waals surface area contributed by atoms with E-state index in [0.29, 0.717) is 11.3 Å². The standard InChI is InChI=1S/C10H13F3N2O2/c11-10(12,13)6-17-4-2-9(16)7-5-15-3-1-8(7)14/h1,3,5,9,16H,2,4,6H2,(H2,14,15). The molecule has 0 aliphatic carbocycles. The molecule has 1 aromatic heterocycles. The zero-order valence-electron chi connectivity index (χ0n) is 8.94. The summed E-state index contributed by atoms with van der Waals surface area (Å²) in [5, 5.41) is 9.65. The minimum absolute atomic E-state index is 0.0337. The molecule has 0 spiro atoms. The summed E-state index contributed by atoms with van der Waals surface area (Å²) in [4.78, 5) is 3.77. The Labute approximate surface area is 96.2 Å². The zero-order chi connectivity index (χ0) is 12.9. The summed E-state index contributed by atoms with van der Waals surface area (Å²) < 4.78 is 39.6. The predicted octanol–water partition coefficient (Wildman–Crippen LogP) is 1.67. The van der Waals surface area contributed by atoms with Crippen LogP contribution in [0.15, 0.2) is 18.5 Å². The monoisotopic (exact) mass is 250 g/mol. The molecule has 0 amide bonds. The molecule has 17 heavy (non-hydrogen) atoms. The lowest BCUT2D eigenvalue weighted by Gasteiger charge is -2.13. The average molecular weight is 250 g/mol. The van der Waals surface area contributed by atoms with Crippen molar-refractivity contribution < 1.29 is 23.0 Å². The fourth-order valence-corrected chi connectivity index (χ4v) is 1.23.